The van der Waals surface area contributed by atoms with E-state index < -0.39 is 0 Å². The van der Waals surface area contributed by atoms with Crippen LogP contribution in [0.25, 0.3) is 0 Å². The quantitative estimate of drug-likeness (QED) is 0.840. The van der Waals surface area contributed by atoms with Gasteiger partial charge in [-0.25, -0.2) is 0 Å². The third kappa shape index (κ3) is 5.06. The molecule has 0 aromatic heterocycles. The predicted octanol–water partition coefficient (Wildman–Crippen LogP) is 1.53. The van der Waals surface area contributed by atoms with Gasteiger partial charge in [0, 0.05) is 18.6 Å². The molecule has 0 aliphatic carbocycles. The molecule has 17 heavy (non-hydrogen) atoms. The Bertz CT molecular complexity index is 354. The number of ether oxygens (including phenoxy) is 1. The van der Waals surface area contributed by atoms with Crippen molar-refractivity contribution in [1.82, 2.24) is 4.90 Å². The monoisotopic (exact) mass is 256 g/mol. The minimum absolute atomic E-state index is 0.0305. The van der Waals surface area contributed by atoms with E-state index in [9.17, 15) is 4.79 Å². The number of carbonyl (C=O) groups excluding carboxylic acids is 1. The summed E-state index contributed by atoms with van der Waals surface area (Å²) in [5.74, 6) is 0.573. The van der Waals surface area contributed by atoms with Gasteiger partial charge in [0.05, 0.1) is 0 Å². The second-order valence-electron chi connectivity index (χ2n) is 3.70. The van der Waals surface area contributed by atoms with Gasteiger partial charge >= 0.3 is 0 Å². The Morgan fingerprint density at radius 3 is 2.65 bits per heavy atom. The van der Waals surface area contributed by atoms with Crippen LogP contribution >= 0.6 is 11.6 Å². The molecule has 0 aliphatic rings. The molecule has 1 aromatic rings. The van der Waals surface area contributed by atoms with Crippen molar-refractivity contribution in [2.24, 2.45) is 5.73 Å². The molecule has 5 heteroatoms. The van der Waals surface area contributed by atoms with Crippen molar-refractivity contribution in [2.75, 3.05) is 26.7 Å². The van der Waals surface area contributed by atoms with E-state index in [-0.39, 0.29) is 12.5 Å². The summed E-state index contributed by atoms with van der Waals surface area (Å²) in [6.07, 6.45) is 0.795. The van der Waals surface area contributed by atoms with Crippen molar-refractivity contribution in [3.8, 4) is 5.75 Å². The van der Waals surface area contributed by atoms with Crippen molar-refractivity contribution in [2.45, 2.75) is 6.42 Å². The highest BCUT2D eigenvalue weighted by atomic mass is 35.5. The van der Waals surface area contributed by atoms with Crippen LogP contribution in [-0.4, -0.2) is 37.6 Å². The molecule has 1 rings (SSSR count). The van der Waals surface area contributed by atoms with Crippen LogP contribution in [0.2, 0.25) is 5.02 Å². The summed E-state index contributed by atoms with van der Waals surface area (Å²) in [7, 11) is 1.74. The molecule has 0 saturated carbocycles. The van der Waals surface area contributed by atoms with Gasteiger partial charge in [0.2, 0.25) is 0 Å². The van der Waals surface area contributed by atoms with Crippen LogP contribution in [0.1, 0.15) is 6.42 Å². The Hall–Kier alpha value is -1.26. The second kappa shape index (κ2) is 7.14. The number of hydrogen-bond donors (Lipinski definition) is 1. The van der Waals surface area contributed by atoms with Crippen LogP contribution in [0, 0.1) is 0 Å². The molecule has 1 aromatic carbocycles. The van der Waals surface area contributed by atoms with E-state index in [4.69, 9.17) is 22.1 Å². The number of amides is 1. The molecule has 4 nitrogen and oxygen atoms in total. The zero-order valence-corrected chi connectivity index (χ0v) is 10.6. The lowest BCUT2D eigenvalue weighted by atomic mass is 10.3. The van der Waals surface area contributed by atoms with Gasteiger partial charge in [-0.2, -0.15) is 0 Å². The average Bonchev–Trinajstić information content (AvgIpc) is 2.34. The van der Waals surface area contributed by atoms with Gasteiger partial charge in [-0.3, -0.25) is 4.79 Å². The van der Waals surface area contributed by atoms with Crippen LogP contribution in [0.4, 0.5) is 0 Å². The van der Waals surface area contributed by atoms with E-state index in [0.717, 1.165) is 6.42 Å². The fraction of sp³-hybridized carbons (Fsp3) is 0.417. The van der Waals surface area contributed by atoms with Gasteiger partial charge < -0.3 is 15.4 Å². The van der Waals surface area contributed by atoms with Crippen LogP contribution in [-0.2, 0) is 4.79 Å². The van der Waals surface area contributed by atoms with E-state index in [1.54, 1.807) is 36.2 Å². The van der Waals surface area contributed by atoms with Crippen molar-refractivity contribution in [1.29, 1.82) is 0 Å². The van der Waals surface area contributed by atoms with Crippen molar-refractivity contribution >= 4 is 17.5 Å². The zero-order chi connectivity index (χ0) is 12.7. The number of hydrogen-bond acceptors (Lipinski definition) is 3. The number of carbonyl (C=O) groups is 1. The fourth-order valence-corrected chi connectivity index (χ4v) is 1.37. The third-order valence-electron chi connectivity index (χ3n) is 2.30. The molecule has 0 spiro atoms. The number of rotatable bonds is 6. The van der Waals surface area contributed by atoms with Crippen molar-refractivity contribution in [3.63, 3.8) is 0 Å². The Labute approximate surface area is 106 Å². The molecule has 0 unspecified atom stereocenters. The third-order valence-corrected chi connectivity index (χ3v) is 2.55. The van der Waals surface area contributed by atoms with E-state index in [2.05, 4.69) is 0 Å². The lowest BCUT2D eigenvalue weighted by molar-refractivity contribution is -0.132. The molecule has 0 radical (unpaired) electrons. The lowest BCUT2D eigenvalue weighted by Gasteiger charge is -2.16. The first-order valence-corrected chi connectivity index (χ1v) is 5.83. The summed E-state index contributed by atoms with van der Waals surface area (Å²) in [6, 6.07) is 6.91. The molecule has 0 aliphatic heterocycles. The normalized spacial score (nSPS) is 10.1. The summed E-state index contributed by atoms with van der Waals surface area (Å²) in [4.78, 5) is 13.2. The second-order valence-corrected chi connectivity index (χ2v) is 4.14. The van der Waals surface area contributed by atoms with Crippen LogP contribution in [0.5, 0.6) is 5.75 Å². The first-order chi connectivity index (χ1) is 8.13. The van der Waals surface area contributed by atoms with Crippen LogP contribution < -0.4 is 10.5 Å². The number of nitrogens with zero attached hydrogens (tertiary/aromatic N) is 1. The van der Waals surface area contributed by atoms with Crippen LogP contribution in [0.3, 0.4) is 0 Å². The standard InChI is InChI=1S/C12H17ClN2O2/c1-15(8-2-7-14)12(16)9-17-11-5-3-10(13)4-6-11/h3-6H,2,7-9,14H2,1H3. The first kappa shape index (κ1) is 13.8. The Morgan fingerprint density at radius 1 is 1.41 bits per heavy atom. The Balaban J connectivity index is 2.34. The fourth-order valence-electron chi connectivity index (χ4n) is 1.24. The molecule has 1 amide bonds. The van der Waals surface area contributed by atoms with E-state index >= 15 is 0 Å². The molecule has 0 atom stereocenters. The lowest BCUT2D eigenvalue weighted by Crippen LogP contribution is -2.33. The SMILES string of the molecule is CN(CCCN)C(=O)COc1ccc(Cl)cc1. The number of likely N-dealkylation sites (N-methyl/N-ethyl adjacent to an activating group) is 1. The van der Waals surface area contributed by atoms with Gasteiger partial charge in [0.15, 0.2) is 6.61 Å². The zero-order valence-electron chi connectivity index (χ0n) is 9.86. The molecule has 0 fully saturated rings. The van der Waals surface area contributed by atoms with Gasteiger partial charge in [-0.15, -0.1) is 0 Å². The maximum absolute atomic E-state index is 11.6. The van der Waals surface area contributed by atoms with Crippen molar-refractivity contribution < 1.29 is 9.53 Å². The molecular weight excluding hydrogens is 240 g/mol. The summed E-state index contributed by atoms with van der Waals surface area (Å²) in [5.41, 5.74) is 5.37. The van der Waals surface area contributed by atoms with Gasteiger partial charge in [-0.05, 0) is 37.2 Å². The largest absolute Gasteiger partial charge is 0.484 e. The Morgan fingerprint density at radius 2 is 2.06 bits per heavy atom. The number of halogens is 1. The predicted molar refractivity (Wildman–Crippen MR) is 68.3 cm³/mol. The maximum Gasteiger partial charge on any atom is 0.260 e. The highest BCUT2D eigenvalue weighted by molar-refractivity contribution is 6.30. The van der Waals surface area contributed by atoms with Crippen molar-refractivity contribution in [3.05, 3.63) is 29.3 Å². The maximum atomic E-state index is 11.6. The number of benzene rings is 1. The van der Waals surface area contributed by atoms with Gasteiger partial charge in [-0.1, -0.05) is 11.6 Å². The van der Waals surface area contributed by atoms with E-state index in [1.165, 1.54) is 0 Å². The smallest absolute Gasteiger partial charge is 0.260 e. The molecular formula is C12H17ClN2O2. The average molecular weight is 257 g/mol. The highest BCUT2D eigenvalue weighted by Gasteiger charge is 2.08. The Kier molecular flexibility index (Phi) is 5.80. The summed E-state index contributed by atoms with van der Waals surface area (Å²) in [5, 5.41) is 0.642. The topological polar surface area (TPSA) is 55.6 Å². The van der Waals surface area contributed by atoms with E-state index in [0.29, 0.717) is 23.9 Å². The van der Waals surface area contributed by atoms with Crippen LogP contribution in [0.15, 0.2) is 24.3 Å². The first-order valence-electron chi connectivity index (χ1n) is 5.46. The summed E-state index contributed by atoms with van der Waals surface area (Å²) in [6.45, 7) is 1.26. The van der Waals surface area contributed by atoms with E-state index in [1.807, 2.05) is 0 Å². The minimum atomic E-state index is -0.0617. The summed E-state index contributed by atoms with van der Waals surface area (Å²) < 4.78 is 5.34. The van der Waals surface area contributed by atoms with Gasteiger partial charge in [0.1, 0.15) is 5.75 Å². The molecule has 0 bridgehead atoms. The molecule has 0 saturated heterocycles. The summed E-state index contributed by atoms with van der Waals surface area (Å²) >= 11 is 5.74. The number of nitrogens with two attached hydrogens (primary N) is 1. The molecule has 0 heterocycles. The van der Waals surface area contributed by atoms with Gasteiger partial charge in [0.25, 0.3) is 5.91 Å². The minimum Gasteiger partial charge on any atom is -0.484 e. The molecule has 2 N–H and O–H groups in total. The highest BCUT2D eigenvalue weighted by Crippen LogP contribution is 2.15. The molecule has 94 valence electrons.